The summed E-state index contributed by atoms with van der Waals surface area (Å²) in [5.74, 6) is 0. The summed E-state index contributed by atoms with van der Waals surface area (Å²) in [6.45, 7) is 0. The molecule has 0 heterocycles. The first-order valence-electron chi connectivity index (χ1n) is 8.40. The van der Waals surface area contributed by atoms with E-state index < -0.39 is 7.92 Å². The fourth-order valence-electron chi connectivity index (χ4n) is 2.56. The van der Waals surface area contributed by atoms with Crippen molar-refractivity contribution in [2.45, 2.75) is 0 Å². The van der Waals surface area contributed by atoms with Gasteiger partial charge in [0, 0.05) is 0 Å². The SMILES string of the molecule is Cl.c1ccc(P(c2ccccc2)c2ccccc2)cc1.c1ccccc1. The molecule has 4 aromatic carbocycles. The normalized spacial score (nSPS) is 9.58. The van der Waals surface area contributed by atoms with E-state index in [1.807, 2.05) is 36.4 Å². The first kappa shape index (κ1) is 19.9. The lowest BCUT2D eigenvalue weighted by atomic mass is 10.4. The van der Waals surface area contributed by atoms with Gasteiger partial charge in [-0.2, -0.15) is 0 Å². The molecule has 0 aliphatic heterocycles. The van der Waals surface area contributed by atoms with Crippen LogP contribution in [0, 0.1) is 0 Å². The van der Waals surface area contributed by atoms with Crippen LogP contribution in [-0.4, -0.2) is 0 Å². The molecule has 0 nitrogen and oxygen atoms in total. The number of hydrogen-bond acceptors (Lipinski definition) is 0. The van der Waals surface area contributed by atoms with Gasteiger partial charge in [0.2, 0.25) is 0 Å². The number of hydrogen-bond donors (Lipinski definition) is 0. The van der Waals surface area contributed by atoms with Gasteiger partial charge in [-0.3, -0.25) is 0 Å². The monoisotopic (exact) mass is 376 g/mol. The topological polar surface area (TPSA) is 0 Å². The highest BCUT2D eigenvalue weighted by Gasteiger charge is 2.14. The van der Waals surface area contributed by atoms with Crippen LogP contribution in [-0.2, 0) is 0 Å². The molecule has 0 spiro atoms. The summed E-state index contributed by atoms with van der Waals surface area (Å²) < 4.78 is 0. The van der Waals surface area contributed by atoms with Crippen LogP contribution in [0.4, 0.5) is 0 Å². The Hall–Kier alpha value is -2.40. The number of rotatable bonds is 3. The largest absolute Gasteiger partial charge is 0.147 e. The van der Waals surface area contributed by atoms with Crippen molar-refractivity contribution in [3.63, 3.8) is 0 Å². The summed E-state index contributed by atoms with van der Waals surface area (Å²) in [5, 5.41) is 4.19. The molecule has 130 valence electrons. The molecule has 0 amide bonds. The van der Waals surface area contributed by atoms with Gasteiger partial charge in [-0.05, 0) is 23.8 Å². The van der Waals surface area contributed by atoms with Gasteiger partial charge in [0.1, 0.15) is 0 Å². The predicted molar refractivity (Wildman–Crippen MR) is 119 cm³/mol. The third kappa shape index (κ3) is 5.85. The Morgan fingerprint density at radius 2 is 0.500 bits per heavy atom. The lowest BCUT2D eigenvalue weighted by Crippen LogP contribution is -2.20. The standard InChI is InChI=1S/C18H15P.C6H6.ClH/c1-4-10-16(11-5-1)19(17-12-6-2-7-13-17)18-14-8-3-9-15-18;1-2-4-6-5-3-1;/h1-15H;1-6H;1H. The fourth-order valence-corrected chi connectivity index (χ4v) is 4.87. The molecular formula is C24H22ClP. The van der Waals surface area contributed by atoms with Crippen LogP contribution in [0.1, 0.15) is 0 Å². The van der Waals surface area contributed by atoms with Crippen molar-refractivity contribution in [1.82, 2.24) is 0 Å². The zero-order valence-electron chi connectivity index (χ0n) is 14.5. The smallest absolute Gasteiger partial charge is 0.0134 e. The maximum Gasteiger partial charge on any atom is -0.0134 e. The summed E-state index contributed by atoms with van der Waals surface area (Å²) >= 11 is 0. The molecule has 26 heavy (non-hydrogen) atoms. The zero-order valence-corrected chi connectivity index (χ0v) is 16.2. The second-order valence-electron chi connectivity index (χ2n) is 5.50. The fraction of sp³-hybridized carbons (Fsp3) is 0. The highest BCUT2D eigenvalue weighted by atomic mass is 35.5. The van der Waals surface area contributed by atoms with Crippen molar-refractivity contribution in [2.75, 3.05) is 0 Å². The lowest BCUT2D eigenvalue weighted by molar-refractivity contribution is 1.72. The van der Waals surface area contributed by atoms with Gasteiger partial charge in [-0.15, -0.1) is 12.4 Å². The van der Waals surface area contributed by atoms with Crippen molar-refractivity contribution in [2.24, 2.45) is 0 Å². The van der Waals surface area contributed by atoms with E-state index in [4.69, 9.17) is 0 Å². The summed E-state index contributed by atoms with van der Waals surface area (Å²) in [5.41, 5.74) is 0. The van der Waals surface area contributed by atoms with Crippen LogP contribution in [0.25, 0.3) is 0 Å². The molecule has 0 aliphatic carbocycles. The van der Waals surface area contributed by atoms with Gasteiger partial charge in [0.25, 0.3) is 0 Å². The predicted octanol–water partition coefficient (Wildman–Crippen LogP) is 5.55. The van der Waals surface area contributed by atoms with Crippen LogP contribution in [0.5, 0.6) is 0 Å². The molecule has 0 unspecified atom stereocenters. The Balaban J connectivity index is 0.000000297. The van der Waals surface area contributed by atoms with Crippen molar-refractivity contribution >= 4 is 36.2 Å². The summed E-state index contributed by atoms with van der Waals surface area (Å²) in [6, 6.07) is 44.3. The maximum absolute atomic E-state index is 2.23. The highest BCUT2D eigenvalue weighted by molar-refractivity contribution is 7.79. The van der Waals surface area contributed by atoms with Gasteiger partial charge in [0.05, 0.1) is 0 Å². The maximum atomic E-state index is 2.23. The zero-order chi connectivity index (χ0) is 17.2. The Morgan fingerprint density at radius 1 is 0.308 bits per heavy atom. The first-order chi connectivity index (χ1) is 12.4. The minimum absolute atomic E-state index is 0. The van der Waals surface area contributed by atoms with Gasteiger partial charge in [-0.1, -0.05) is 127 Å². The average Bonchev–Trinajstić information content (AvgIpc) is 2.72. The van der Waals surface area contributed by atoms with Crippen LogP contribution in [0.3, 0.4) is 0 Å². The average molecular weight is 377 g/mol. The van der Waals surface area contributed by atoms with E-state index in [-0.39, 0.29) is 12.4 Å². The van der Waals surface area contributed by atoms with Crippen LogP contribution >= 0.6 is 20.3 Å². The minimum Gasteiger partial charge on any atom is -0.147 e. The minimum atomic E-state index is -0.446. The van der Waals surface area contributed by atoms with Crippen molar-refractivity contribution in [3.8, 4) is 0 Å². The summed E-state index contributed by atoms with van der Waals surface area (Å²) in [4.78, 5) is 0. The van der Waals surface area contributed by atoms with E-state index in [9.17, 15) is 0 Å². The number of benzene rings is 4. The third-order valence-corrected chi connectivity index (χ3v) is 6.15. The Kier molecular flexibility index (Phi) is 8.63. The first-order valence-corrected chi connectivity index (χ1v) is 9.74. The third-order valence-electron chi connectivity index (χ3n) is 3.71. The van der Waals surface area contributed by atoms with E-state index in [0.29, 0.717) is 0 Å². The quantitative estimate of drug-likeness (QED) is 0.411. The second-order valence-corrected chi connectivity index (χ2v) is 7.72. The van der Waals surface area contributed by atoms with Crippen LogP contribution in [0.15, 0.2) is 127 Å². The molecule has 0 saturated heterocycles. The van der Waals surface area contributed by atoms with E-state index in [1.165, 1.54) is 15.9 Å². The van der Waals surface area contributed by atoms with Crippen molar-refractivity contribution < 1.29 is 0 Å². The molecule has 4 rings (SSSR count). The van der Waals surface area contributed by atoms with Crippen molar-refractivity contribution in [3.05, 3.63) is 127 Å². The van der Waals surface area contributed by atoms with Crippen LogP contribution in [0.2, 0.25) is 0 Å². The molecule has 2 heteroatoms. The second kappa shape index (κ2) is 11.3. The van der Waals surface area contributed by atoms with E-state index in [1.54, 1.807) is 0 Å². The van der Waals surface area contributed by atoms with E-state index in [0.717, 1.165) is 0 Å². The van der Waals surface area contributed by atoms with Crippen molar-refractivity contribution in [1.29, 1.82) is 0 Å². The van der Waals surface area contributed by atoms with E-state index >= 15 is 0 Å². The molecule has 0 fully saturated rings. The summed E-state index contributed by atoms with van der Waals surface area (Å²) in [7, 11) is -0.446. The lowest BCUT2D eigenvalue weighted by Gasteiger charge is -2.18. The molecule has 0 aliphatic rings. The molecule has 0 saturated carbocycles. The number of halogens is 1. The molecular weight excluding hydrogens is 355 g/mol. The van der Waals surface area contributed by atoms with E-state index in [2.05, 4.69) is 91.0 Å². The van der Waals surface area contributed by atoms with Gasteiger partial charge in [-0.25, -0.2) is 0 Å². The van der Waals surface area contributed by atoms with Gasteiger partial charge < -0.3 is 0 Å². The molecule has 0 atom stereocenters. The molecule has 0 bridgehead atoms. The molecule has 4 aromatic rings. The molecule has 0 radical (unpaired) electrons. The molecule has 0 N–H and O–H groups in total. The highest BCUT2D eigenvalue weighted by Crippen LogP contribution is 2.32. The summed E-state index contributed by atoms with van der Waals surface area (Å²) in [6.07, 6.45) is 0. The Morgan fingerprint density at radius 3 is 0.731 bits per heavy atom. The Labute approximate surface area is 163 Å². The molecule has 0 aromatic heterocycles. The van der Waals surface area contributed by atoms with Gasteiger partial charge >= 0.3 is 0 Å². The van der Waals surface area contributed by atoms with Crippen LogP contribution < -0.4 is 15.9 Å². The van der Waals surface area contributed by atoms with Gasteiger partial charge in [0.15, 0.2) is 0 Å². The Bertz CT molecular complexity index is 713.